The van der Waals surface area contributed by atoms with Crippen molar-refractivity contribution in [3.05, 3.63) is 59.7 Å². The number of likely N-dealkylation sites (tertiary alicyclic amines) is 1. The molecule has 146 valence electrons. The Morgan fingerprint density at radius 2 is 2.18 bits per heavy atom. The first kappa shape index (κ1) is 18.3. The van der Waals surface area contributed by atoms with Gasteiger partial charge in [-0.25, -0.2) is 4.68 Å². The third-order valence-electron chi connectivity index (χ3n) is 5.41. The van der Waals surface area contributed by atoms with E-state index in [1.807, 2.05) is 35.4 Å². The van der Waals surface area contributed by atoms with Crippen LogP contribution in [0.5, 0.6) is 5.75 Å². The van der Waals surface area contributed by atoms with Gasteiger partial charge >= 0.3 is 0 Å². The van der Waals surface area contributed by atoms with E-state index in [1.54, 1.807) is 24.2 Å². The number of benzene rings is 1. The van der Waals surface area contributed by atoms with Gasteiger partial charge in [-0.1, -0.05) is 19.1 Å². The standard InChI is InChI=1S/C21H25N5O2/c1-3-15-11-22-24-20(15)16-7-6-10-25(13-16)21(27)17-12-23-26(14-17)18-8-4-5-9-19(18)28-2/h4-5,8-9,11-12,14,16H,3,6-7,10,13H2,1-2H3,(H,22,24)/t16-/m0/s1. The molecule has 1 aliphatic heterocycles. The molecule has 0 bridgehead atoms. The summed E-state index contributed by atoms with van der Waals surface area (Å²) in [5.41, 5.74) is 3.81. The molecule has 7 nitrogen and oxygen atoms in total. The lowest BCUT2D eigenvalue weighted by Gasteiger charge is -2.32. The number of H-pyrrole nitrogens is 1. The molecular formula is C21H25N5O2. The first-order chi connectivity index (χ1) is 13.7. The molecule has 0 aliphatic carbocycles. The van der Waals surface area contributed by atoms with Gasteiger partial charge in [-0.05, 0) is 37.0 Å². The molecule has 0 spiro atoms. The summed E-state index contributed by atoms with van der Waals surface area (Å²) in [6, 6.07) is 7.63. The summed E-state index contributed by atoms with van der Waals surface area (Å²) in [4.78, 5) is 15.0. The molecule has 0 saturated carbocycles. The van der Waals surface area contributed by atoms with Gasteiger partial charge in [0.2, 0.25) is 0 Å². The number of ether oxygens (including phenoxy) is 1. The van der Waals surface area contributed by atoms with Crippen LogP contribution in [0.3, 0.4) is 0 Å². The lowest BCUT2D eigenvalue weighted by atomic mass is 9.91. The van der Waals surface area contributed by atoms with E-state index >= 15 is 0 Å². The van der Waals surface area contributed by atoms with Crippen molar-refractivity contribution >= 4 is 5.91 Å². The second-order valence-electron chi connectivity index (χ2n) is 7.10. The number of hydrogen-bond acceptors (Lipinski definition) is 4. The average molecular weight is 379 g/mol. The molecule has 1 N–H and O–H groups in total. The van der Waals surface area contributed by atoms with E-state index in [9.17, 15) is 4.79 Å². The molecule has 4 rings (SSSR count). The number of nitrogens with one attached hydrogen (secondary N) is 1. The summed E-state index contributed by atoms with van der Waals surface area (Å²) in [6.07, 6.45) is 8.30. The van der Waals surface area contributed by atoms with Crippen molar-refractivity contribution in [1.82, 2.24) is 24.9 Å². The minimum Gasteiger partial charge on any atom is -0.494 e. The molecule has 2 aromatic heterocycles. The van der Waals surface area contributed by atoms with Crippen LogP contribution in [0.4, 0.5) is 0 Å². The summed E-state index contributed by atoms with van der Waals surface area (Å²) in [6.45, 7) is 3.60. The zero-order valence-corrected chi connectivity index (χ0v) is 16.3. The summed E-state index contributed by atoms with van der Waals surface area (Å²) in [5.74, 6) is 1.04. The summed E-state index contributed by atoms with van der Waals surface area (Å²) >= 11 is 0. The number of carbonyl (C=O) groups is 1. The maximum atomic E-state index is 13.1. The molecule has 1 saturated heterocycles. The van der Waals surface area contributed by atoms with Gasteiger partial charge in [-0.2, -0.15) is 10.2 Å². The van der Waals surface area contributed by atoms with Gasteiger partial charge in [0.05, 0.1) is 25.1 Å². The van der Waals surface area contributed by atoms with Crippen LogP contribution in [0.2, 0.25) is 0 Å². The molecule has 0 unspecified atom stereocenters. The Morgan fingerprint density at radius 3 is 3.00 bits per heavy atom. The molecular weight excluding hydrogens is 354 g/mol. The van der Waals surface area contributed by atoms with Crippen LogP contribution in [0, 0.1) is 0 Å². The molecule has 1 atom stereocenters. The molecule has 1 aromatic carbocycles. The zero-order valence-electron chi connectivity index (χ0n) is 16.3. The van der Waals surface area contributed by atoms with Crippen LogP contribution < -0.4 is 4.74 Å². The summed E-state index contributed by atoms with van der Waals surface area (Å²) in [7, 11) is 1.63. The van der Waals surface area contributed by atoms with Gasteiger partial charge in [-0.3, -0.25) is 9.89 Å². The van der Waals surface area contributed by atoms with Crippen LogP contribution in [0.25, 0.3) is 5.69 Å². The largest absolute Gasteiger partial charge is 0.494 e. The van der Waals surface area contributed by atoms with E-state index in [4.69, 9.17) is 4.74 Å². The van der Waals surface area contributed by atoms with E-state index in [2.05, 4.69) is 22.2 Å². The van der Waals surface area contributed by atoms with Crippen LogP contribution in [-0.4, -0.2) is 51.0 Å². The van der Waals surface area contributed by atoms with Crippen LogP contribution in [0.15, 0.2) is 42.9 Å². The maximum absolute atomic E-state index is 13.1. The van der Waals surface area contributed by atoms with E-state index in [1.165, 1.54) is 11.3 Å². The fourth-order valence-corrected chi connectivity index (χ4v) is 3.92. The predicted molar refractivity (Wildman–Crippen MR) is 106 cm³/mol. The summed E-state index contributed by atoms with van der Waals surface area (Å²) < 4.78 is 7.09. The second kappa shape index (κ2) is 7.88. The number of aryl methyl sites for hydroxylation is 1. The number of amides is 1. The van der Waals surface area contributed by atoms with Crippen molar-refractivity contribution in [1.29, 1.82) is 0 Å². The van der Waals surface area contributed by atoms with Gasteiger partial charge < -0.3 is 9.64 Å². The number of hydrogen-bond donors (Lipinski definition) is 1. The first-order valence-electron chi connectivity index (χ1n) is 9.70. The highest BCUT2D eigenvalue weighted by atomic mass is 16.5. The lowest BCUT2D eigenvalue weighted by molar-refractivity contribution is 0.0705. The second-order valence-corrected chi connectivity index (χ2v) is 7.10. The number of aromatic nitrogens is 4. The fourth-order valence-electron chi connectivity index (χ4n) is 3.92. The summed E-state index contributed by atoms with van der Waals surface area (Å²) in [5, 5.41) is 11.7. The number of nitrogens with zero attached hydrogens (tertiary/aromatic N) is 4. The van der Waals surface area contributed by atoms with Crippen molar-refractivity contribution in [3.63, 3.8) is 0 Å². The number of piperidine rings is 1. The monoisotopic (exact) mass is 379 g/mol. The SMILES string of the molecule is CCc1cn[nH]c1[C@H]1CCCN(C(=O)c2cnn(-c3ccccc3OC)c2)C1. The minimum absolute atomic E-state index is 0.0170. The van der Waals surface area contributed by atoms with Crippen molar-refractivity contribution < 1.29 is 9.53 Å². The molecule has 7 heteroatoms. The molecule has 3 aromatic rings. The first-order valence-corrected chi connectivity index (χ1v) is 9.70. The smallest absolute Gasteiger partial charge is 0.257 e. The average Bonchev–Trinajstić information content (AvgIpc) is 3.43. The van der Waals surface area contributed by atoms with E-state index < -0.39 is 0 Å². The highest BCUT2D eigenvalue weighted by molar-refractivity contribution is 5.94. The van der Waals surface area contributed by atoms with Crippen LogP contribution in [0.1, 0.15) is 47.3 Å². The number of methoxy groups -OCH3 is 1. The third kappa shape index (κ3) is 3.40. The fraction of sp³-hybridized carbons (Fsp3) is 0.381. The van der Waals surface area contributed by atoms with Gasteiger partial charge in [0, 0.05) is 30.9 Å². The molecule has 28 heavy (non-hydrogen) atoms. The van der Waals surface area contributed by atoms with Gasteiger partial charge in [0.1, 0.15) is 11.4 Å². The Bertz CT molecular complexity index is 961. The quantitative estimate of drug-likeness (QED) is 0.739. The van der Waals surface area contributed by atoms with E-state index in [-0.39, 0.29) is 5.91 Å². The molecule has 1 amide bonds. The van der Waals surface area contributed by atoms with Crippen molar-refractivity contribution in [2.45, 2.75) is 32.1 Å². The number of aromatic amines is 1. The van der Waals surface area contributed by atoms with Crippen molar-refractivity contribution in [3.8, 4) is 11.4 Å². The molecule has 1 fully saturated rings. The molecule has 0 radical (unpaired) electrons. The van der Waals surface area contributed by atoms with Crippen molar-refractivity contribution in [2.75, 3.05) is 20.2 Å². The Morgan fingerprint density at radius 1 is 1.32 bits per heavy atom. The third-order valence-corrected chi connectivity index (χ3v) is 5.41. The predicted octanol–water partition coefficient (Wildman–Crippen LogP) is 3.19. The van der Waals surface area contributed by atoms with Gasteiger partial charge in [0.25, 0.3) is 5.91 Å². The maximum Gasteiger partial charge on any atom is 0.257 e. The highest BCUT2D eigenvalue weighted by Crippen LogP contribution is 2.29. The number of carbonyl (C=O) groups excluding carboxylic acids is 1. The van der Waals surface area contributed by atoms with Crippen LogP contribution in [-0.2, 0) is 6.42 Å². The number of para-hydroxylation sites is 2. The zero-order chi connectivity index (χ0) is 19.5. The Hall–Kier alpha value is -3.09. The minimum atomic E-state index is 0.0170. The highest BCUT2D eigenvalue weighted by Gasteiger charge is 2.28. The van der Waals surface area contributed by atoms with E-state index in [0.717, 1.165) is 31.5 Å². The topological polar surface area (TPSA) is 76.0 Å². The van der Waals surface area contributed by atoms with Gasteiger partial charge in [0.15, 0.2) is 0 Å². The molecule has 3 heterocycles. The lowest BCUT2D eigenvalue weighted by Crippen LogP contribution is -2.39. The van der Waals surface area contributed by atoms with Gasteiger partial charge in [-0.15, -0.1) is 0 Å². The van der Waals surface area contributed by atoms with Crippen molar-refractivity contribution in [2.24, 2.45) is 0 Å². The normalized spacial score (nSPS) is 16.9. The Balaban J connectivity index is 1.52. The number of rotatable bonds is 5. The molecule has 1 aliphatic rings. The van der Waals surface area contributed by atoms with E-state index in [0.29, 0.717) is 23.8 Å². The Labute approximate surface area is 164 Å². The van der Waals surface area contributed by atoms with Crippen LogP contribution >= 0.6 is 0 Å². The Kier molecular flexibility index (Phi) is 5.14.